The van der Waals surface area contributed by atoms with Crippen molar-refractivity contribution in [1.29, 1.82) is 0 Å². The molecule has 8 nitrogen and oxygen atoms in total. The Bertz CT molecular complexity index is 1120. The van der Waals surface area contributed by atoms with E-state index in [0.29, 0.717) is 33.6 Å². The van der Waals surface area contributed by atoms with E-state index in [4.69, 9.17) is 16.3 Å². The Kier molecular flexibility index (Phi) is 7.06. The van der Waals surface area contributed by atoms with Crippen LogP contribution in [0.2, 0.25) is 4.34 Å². The third-order valence-electron chi connectivity index (χ3n) is 6.34. The van der Waals surface area contributed by atoms with E-state index < -0.39 is 11.9 Å². The lowest BCUT2D eigenvalue weighted by atomic mass is 10.1. The maximum Gasteiger partial charge on any atom is 0.261 e. The molecule has 1 aromatic heterocycles. The van der Waals surface area contributed by atoms with Gasteiger partial charge in [-0.1, -0.05) is 11.6 Å². The van der Waals surface area contributed by atoms with Crippen molar-refractivity contribution in [3.8, 4) is 0 Å². The van der Waals surface area contributed by atoms with Crippen molar-refractivity contribution in [3.63, 3.8) is 0 Å². The number of carbonyl (C=O) groups is 3. The molecule has 2 N–H and O–H groups in total. The predicted octanol–water partition coefficient (Wildman–Crippen LogP) is 3.27. The minimum absolute atomic E-state index is 0.0822. The lowest BCUT2D eigenvalue weighted by Crippen LogP contribution is -2.52. The molecule has 1 aliphatic heterocycles. The molecule has 1 aromatic carbocycles. The Morgan fingerprint density at radius 3 is 2.54 bits per heavy atom. The van der Waals surface area contributed by atoms with Gasteiger partial charge in [-0.05, 0) is 56.0 Å². The molecule has 1 saturated heterocycles. The van der Waals surface area contributed by atoms with Crippen molar-refractivity contribution in [3.05, 3.63) is 45.4 Å². The van der Waals surface area contributed by atoms with Crippen molar-refractivity contribution in [2.75, 3.05) is 36.5 Å². The number of ether oxygens (including phenoxy) is 1. The van der Waals surface area contributed by atoms with E-state index in [1.807, 2.05) is 0 Å². The zero-order valence-corrected chi connectivity index (χ0v) is 20.5. The first-order valence-corrected chi connectivity index (χ1v) is 12.9. The van der Waals surface area contributed by atoms with Gasteiger partial charge in [-0.2, -0.15) is 0 Å². The molecule has 35 heavy (non-hydrogen) atoms. The van der Waals surface area contributed by atoms with Gasteiger partial charge in [0.05, 0.1) is 21.5 Å². The van der Waals surface area contributed by atoms with Gasteiger partial charge in [0.15, 0.2) is 0 Å². The molecule has 2 aliphatic carbocycles. The number of hydrogen-bond donors (Lipinski definition) is 2. The lowest BCUT2D eigenvalue weighted by Gasteiger charge is -2.31. The normalized spacial score (nSPS) is 19.1. The third-order valence-corrected chi connectivity index (χ3v) is 7.57. The molecule has 0 spiro atoms. The van der Waals surface area contributed by atoms with Gasteiger partial charge in [0.2, 0.25) is 5.91 Å². The summed E-state index contributed by atoms with van der Waals surface area (Å²) in [5.41, 5.74) is 0.456. The van der Waals surface area contributed by atoms with E-state index in [-0.39, 0.29) is 43.1 Å². The highest BCUT2D eigenvalue weighted by Gasteiger charge is 2.45. The summed E-state index contributed by atoms with van der Waals surface area (Å²) in [7, 11) is 0. The maximum atomic E-state index is 14.9. The van der Waals surface area contributed by atoms with Crippen LogP contribution in [0.3, 0.4) is 0 Å². The highest BCUT2D eigenvalue weighted by atomic mass is 35.5. The molecule has 2 aromatic rings. The molecule has 1 atom stereocenters. The topological polar surface area (TPSA) is 91.0 Å². The smallest absolute Gasteiger partial charge is 0.261 e. The molecular formula is C24H26ClFN4O4S. The van der Waals surface area contributed by atoms with E-state index in [1.165, 1.54) is 28.4 Å². The number of nitrogens with one attached hydrogen (secondary N) is 2. The second-order valence-corrected chi connectivity index (χ2v) is 10.7. The number of rotatable bonds is 9. The van der Waals surface area contributed by atoms with Gasteiger partial charge >= 0.3 is 0 Å². The van der Waals surface area contributed by atoms with Gasteiger partial charge in [-0.25, -0.2) is 4.39 Å². The molecule has 0 radical (unpaired) electrons. The van der Waals surface area contributed by atoms with Crippen LogP contribution in [-0.4, -0.2) is 67.1 Å². The summed E-state index contributed by atoms with van der Waals surface area (Å²) < 4.78 is 20.5. The van der Waals surface area contributed by atoms with Crippen LogP contribution in [0.25, 0.3) is 0 Å². The first-order chi connectivity index (χ1) is 16.9. The molecule has 0 bridgehead atoms. The Labute approximate surface area is 211 Å². The van der Waals surface area contributed by atoms with Crippen molar-refractivity contribution in [2.24, 2.45) is 0 Å². The van der Waals surface area contributed by atoms with Crippen LogP contribution in [0.5, 0.6) is 0 Å². The van der Waals surface area contributed by atoms with Crippen molar-refractivity contribution in [2.45, 2.75) is 43.8 Å². The van der Waals surface area contributed by atoms with Crippen LogP contribution >= 0.6 is 22.9 Å². The average molecular weight is 521 g/mol. The standard InChI is InChI=1S/C24H26ClFN4O4S/c25-21-8-7-20(35-21)24(33)27-12-19(30(15-2-3-15)16-4-5-16)23(32)28-14-1-6-18(17(26)11-14)29-9-10-34-13-22(29)31/h1,6-8,11,15-16,19H,2-5,9-10,12-13H2,(H,27,33)(H,28,32)/t19-/m1/s1. The van der Waals surface area contributed by atoms with Crippen LogP contribution in [0, 0.1) is 5.82 Å². The van der Waals surface area contributed by atoms with E-state index in [0.717, 1.165) is 25.7 Å². The number of amides is 3. The fourth-order valence-electron chi connectivity index (χ4n) is 4.40. The minimum Gasteiger partial charge on any atom is -0.370 e. The summed E-state index contributed by atoms with van der Waals surface area (Å²) in [5, 5.41) is 5.69. The zero-order chi connectivity index (χ0) is 24.5. The second kappa shape index (κ2) is 10.2. The number of thiophene rings is 1. The monoisotopic (exact) mass is 520 g/mol. The van der Waals surface area contributed by atoms with E-state index in [2.05, 4.69) is 15.5 Å². The molecule has 2 heterocycles. The number of anilines is 2. The van der Waals surface area contributed by atoms with E-state index in [9.17, 15) is 18.8 Å². The Balaban J connectivity index is 1.30. The second-order valence-electron chi connectivity index (χ2n) is 8.99. The van der Waals surface area contributed by atoms with Gasteiger partial charge < -0.3 is 20.3 Å². The lowest BCUT2D eigenvalue weighted by molar-refractivity contribution is -0.125. The largest absolute Gasteiger partial charge is 0.370 e. The molecule has 0 unspecified atom stereocenters. The van der Waals surface area contributed by atoms with Gasteiger partial charge in [0.1, 0.15) is 18.5 Å². The van der Waals surface area contributed by atoms with Crippen molar-refractivity contribution >= 4 is 52.0 Å². The Morgan fingerprint density at radius 1 is 1.20 bits per heavy atom. The predicted molar refractivity (Wildman–Crippen MR) is 132 cm³/mol. The van der Waals surface area contributed by atoms with E-state index in [1.54, 1.807) is 18.2 Å². The summed E-state index contributed by atoms with van der Waals surface area (Å²) in [6.45, 7) is 0.667. The first kappa shape index (κ1) is 24.2. The summed E-state index contributed by atoms with van der Waals surface area (Å²) in [4.78, 5) is 42.1. The number of hydrogen-bond acceptors (Lipinski definition) is 6. The van der Waals surface area contributed by atoms with Gasteiger partial charge in [0, 0.05) is 30.9 Å². The van der Waals surface area contributed by atoms with Crippen molar-refractivity contribution in [1.82, 2.24) is 10.2 Å². The Morgan fingerprint density at radius 2 is 1.94 bits per heavy atom. The van der Waals surface area contributed by atoms with Crippen LogP contribution in [0.15, 0.2) is 30.3 Å². The summed E-state index contributed by atoms with van der Waals surface area (Å²) in [5.74, 6) is -1.49. The fraction of sp³-hybridized carbons (Fsp3) is 0.458. The van der Waals surface area contributed by atoms with E-state index >= 15 is 0 Å². The molecule has 3 fully saturated rings. The maximum absolute atomic E-state index is 14.9. The van der Waals surface area contributed by atoms with Crippen LogP contribution < -0.4 is 15.5 Å². The van der Waals surface area contributed by atoms with Gasteiger partial charge in [0.25, 0.3) is 11.8 Å². The number of morpholine rings is 1. The molecular weight excluding hydrogens is 495 g/mol. The zero-order valence-electron chi connectivity index (χ0n) is 19.0. The molecule has 5 rings (SSSR count). The summed E-state index contributed by atoms with van der Waals surface area (Å²) in [6, 6.07) is 7.66. The van der Waals surface area contributed by atoms with Gasteiger partial charge in [-0.15, -0.1) is 11.3 Å². The van der Waals surface area contributed by atoms with Crippen molar-refractivity contribution < 1.29 is 23.5 Å². The molecule has 11 heteroatoms. The summed E-state index contributed by atoms with van der Waals surface area (Å²) in [6.07, 6.45) is 4.08. The number of benzene rings is 1. The number of nitrogens with zero attached hydrogens (tertiary/aromatic N) is 2. The first-order valence-electron chi connectivity index (χ1n) is 11.7. The van der Waals surface area contributed by atoms with Crippen LogP contribution in [-0.2, 0) is 14.3 Å². The highest BCUT2D eigenvalue weighted by Crippen LogP contribution is 2.39. The molecule has 3 amide bonds. The van der Waals surface area contributed by atoms with Crippen LogP contribution in [0.4, 0.5) is 15.8 Å². The Hall–Kier alpha value is -2.53. The van der Waals surface area contributed by atoms with Gasteiger partial charge in [-0.3, -0.25) is 19.3 Å². The van der Waals surface area contributed by atoms with Crippen LogP contribution in [0.1, 0.15) is 35.4 Å². The third kappa shape index (κ3) is 5.66. The molecule has 186 valence electrons. The highest BCUT2D eigenvalue weighted by molar-refractivity contribution is 7.18. The minimum atomic E-state index is -0.598. The quantitative estimate of drug-likeness (QED) is 0.529. The molecule has 2 saturated carbocycles. The number of halogens is 2. The SMILES string of the molecule is O=C(NC[C@H](C(=O)Nc1ccc(N2CCOCC2=O)c(F)c1)N(C1CC1)C1CC1)c1ccc(Cl)s1. The molecule has 3 aliphatic rings. The average Bonchev–Trinajstić information content (AvgIpc) is 3.77. The number of carbonyl (C=O) groups excluding carboxylic acids is 3. The fourth-order valence-corrected chi connectivity index (χ4v) is 5.36. The summed E-state index contributed by atoms with van der Waals surface area (Å²) >= 11 is 7.13.